The Morgan fingerprint density at radius 1 is 1.39 bits per heavy atom. The zero-order valence-electron chi connectivity index (χ0n) is 13.0. The summed E-state index contributed by atoms with van der Waals surface area (Å²) in [5.41, 5.74) is 1.58. The third-order valence-corrected chi connectivity index (χ3v) is 5.00. The van der Waals surface area contributed by atoms with Crippen LogP contribution in [0.3, 0.4) is 0 Å². The number of hydrogen-bond donors (Lipinski definition) is 0. The maximum absolute atomic E-state index is 12.0. The van der Waals surface area contributed by atoms with E-state index in [9.17, 15) is 4.79 Å². The van der Waals surface area contributed by atoms with Crippen LogP contribution in [0.4, 0.5) is 0 Å². The molecule has 0 saturated carbocycles. The summed E-state index contributed by atoms with van der Waals surface area (Å²) < 4.78 is 6.59. The first kappa shape index (κ1) is 14.5. The van der Waals surface area contributed by atoms with Gasteiger partial charge in [0.25, 0.3) is 5.56 Å². The van der Waals surface area contributed by atoms with E-state index < -0.39 is 0 Å². The molecule has 0 amide bonds. The second kappa shape index (κ2) is 5.54. The quantitative estimate of drug-likeness (QED) is 0.731. The summed E-state index contributed by atoms with van der Waals surface area (Å²) in [6.45, 7) is 5.42. The van der Waals surface area contributed by atoms with Crippen LogP contribution in [-0.2, 0) is 6.54 Å². The standard InChI is InChI=1S/C15H17N5O2S/c1-9-6-14(21)20-15(16-9)23-13(17-20)8-19-5-3-4-12(19)11-7-10(2)22-18-11/h6-7,12H,3-5,8H2,1-2H3/t12-/m1/s1. The van der Waals surface area contributed by atoms with Gasteiger partial charge in [-0.05, 0) is 33.2 Å². The third kappa shape index (κ3) is 2.68. The van der Waals surface area contributed by atoms with Crippen molar-refractivity contribution in [2.75, 3.05) is 6.54 Å². The highest BCUT2D eigenvalue weighted by Gasteiger charge is 2.29. The van der Waals surface area contributed by atoms with Crippen LogP contribution >= 0.6 is 11.3 Å². The summed E-state index contributed by atoms with van der Waals surface area (Å²) in [5.74, 6) is 0.832. The van der Waals surface area contributed by atoms with E-state index in [-0.39, 0.29) is 11.6 Å². The first-order valence-electron chi connectivity index (χ1n) is 7.64. The van der Waals surface area contributed by atoms with Crippen molar-refractivity contribution < 1.29 is 4.52 Å². The summed E-state index contributed by atoms with van der Waals surface area (Å²) in [4.78, 5) is 19.3. The lowest BCUT2D eigenvalue weighted by atomic mass is 10.1. The highest BCUT2D eigenvalue weighted by atomic mass is 32.1. The van der Waals surface area contributed by atoms with Crippen LogP contribution in [-0.4, -0.2) is 31.2 Å². The van der Waals surface area contributed by atoms with E-state index in [4.69, 9.17) is 4.52 Å². The first-order valence-corrected chi connectivity index (χ1v) is 8.45. The molecule has 23 heavy (non-hydrogen) atoms. The fraction of sp³-hybridized carbons (Fsp3) is 0.467. The minimum atomic E-state index is -0.125. The topological polar surface area (TPSA) is 76.5 Å². The molecule has 1 saturated heterocycles. The van der Waals surface area contributed by atoms with Gasteiger partial charge >= 0.3 is 0 Å². The van der Waals surface area contributed by atoms with Crippen molar-refractivity contribution in [3.63, 3.8) is 0 Å². The second-order valence-electron chi connectivity index (χ2n) is 5.92. The zero-order chi connectivity index (χ0) is 16.0. The predicted molar refractivity (Wildman–Crippen MR) is 85.5 cm³/mol. The summed E-state index contributed by atoms with van der Waals surface area (Å²) >= 11 is 1.47. The smallest absolute Gasteiger partial charge is 0.275 e. The molecule has 3 aromatic heterocycles. The Balaban J connectivity index is 1.62. The van der Waals surface area contributed by atoms with E-state index in [2.05, 4.69) is 20.1 Å². The van der Waals surface area contributed by atoms with Crippen LogP contribution in [0.25, 0.3) is 4.96 Å². The third-order valence-electron chi connectivity index (χ3n) is 4.10. The molecule has 120 valence electrons. The van der Waals surface area contributed by atoms with Crippen LogP contribution in [0.2, 0.25) is 0 Å². The molecule has 3 aromatic rings. The maximum Gasteiger partial charge on any atom is 0.275 e. The van der Waals surface area contributed by atoms with Gasteiger partial charge in [-0.3, -0.25) is 9.69 Å². The first-order chi connectivity index (χ1) is 11.1. The lowest BCUT2D eigenvalue weighted by Gasteiger charge is -2.20. The highest BCUT2D eigenvalue weighted by molar-refractivity contribution is 7.16. The van der Waals surface area contributed by atoms with E-state index in [1.165, 1.54) is 21.9 Å². The van der Waals surface area contributed by atoms with Crippen molar-refractivity contribution in [3.8, 4) is 0 Å². The lowest BCUT2D eigenvalue weighted by Crippen LogP contribution is -2.23. The van der Waals surface area contributed by atoms with Crippen LogP contribution in [0.1, 0.15) is 41.0 Å². The van der Waals surface area contributed by atoms with Gasteiger partial charge in [0.1, 0.15) is 16.5 Å². The van der Waals surface area contributed by atoms with Crippen molar-refractivity contribution in [3.05, 3.63) is 44.6 Å². The Kier molecular flexibility index (Phi) is 3.50. The van der Waals surface area contributed by atoms with Crippen LogP contribution < -0.4 is 5.56 Å². The number of nitrogens with zero attached hydrogens (tertiary/aromatic N) is 5. The molecule has 8 heteroatoms. The van der Waals surface area contributed by atoms with Gasteiger partial charge in [-0.15, -0.1) is 0 Å². The minimum absolute atomic E-state index is 0.125. The van der Waals surface area contributed by atoms with Crippen molar-refractivity contribution >= 4 is 16.3 Å². The molecule has 0 N–H and O–H groups in total. The van der Waals surface area contributed by atoms with E-state index in [1.54, 1.807) is 0 Å². The number of likely N-dealkylation sites (tertiary alicyclic amines) is 1. The highest BCUT2D eigenvalue weighted by Crippen LogP contribution is 2.33. The molecule has 1 aliphatic rings. The Morgan fingerprint density at radius 3 is 3.04 bits per heavy atom. The second-order valence-corrected chi connectivity index (χ2v) is 6.96. The largest absolute Gasteiger partial charge is 0.361 e. The number of hydrogen-bond acceptors (Lipinski definition) is 7. The van der Waals surface area contributed by atoms with E-state index in [0.717, 1.165) is 41.5 Å². The Hall–Kier alpha value is -2.06. The lowest BCUT2D eigenvalue weighted by molar-refractivity contribution is 0.235. The molecule has 0 bridgehead atoms. The van der Waals surface area contributed by atoms with Crippen LogP contribution in [0.5, 0.6) is 0 Å². The zero-order valence-corrected chi connectivity index (χ0v) is 13.8. The number of rotatable bonds is 3. The van der Waals surface area contributed by atoms with E-state index in [0.29, 0.717) is 11.5 Å². The summed E-state index contributed by atoms with van der Waals surface area (Å²) in [5, 5.41) is 9.48. The fourth-order valence-corrected chi connectivity index (χ4v) is 4.06. The van der Waals surface area contributed by atoms with Gasteiger partial charge in [-0.25, -0.2) is 4.98 Å². The van der Waals surface area contributed by atoms with Crippen molar-refractivity contribution in [2.24, 2.45) is 0 Å². The molecule has 0 spiro atoms. The van der Waals surface area contributed by atoms with Gasteiger partial charge in [0.2, 0.25) is 4.96 Å². The molecule has 0 aromatic carbocycles. The monoisotopic (exact) mass is 331 g/mol. The van der Waals surface area contributed by atoms with Gasteiger partial charge in [-0.2, -0.15) is 9.61 Å². The fourth-order valence-electron chi connectivity index (χ4n) is 3.09. The molecule has 7 nitrogen and oxygen atoms in total. The molecule has 0 aliphatic carbocycles. The van der Waals surface area contributed by atoms with Crippen molar-refractivity contribution in [2.45, 2.75) is 39.3 Å². The number of aromatic nitrogens is 4. The van der Waals surface area contributed by atoms with Crippen molar-refractivity contribution in [1.29, 1.82) is 0 Å². The Bertz CT molecular complexity index is 912. The summed E-state index contributed by atoms with van der Waals surface area (Å²) in [6, 6.07) is 3.76. The molecular formula is C15H17N5O2S. The Labute approximate surface area is 136 Å². The van der Waals surface area contributed by atoms with Crippen molar-refractivity contribution in [1.82, 2.24) is 24.7 Å². The molecule has 1 fully saturated rings. The molecule has 4 rings (SSSR count). The van der Waals surface area contributed by atoms with Gasteiger partial charge in [0.05, 0.1) is 12.6 Å². The van der Waals surface area contributed by atoms with Gasteiger partial charge in [0.15, 0.2) is 0 Å². The summed E-state index contributed by atoms with van der Waals surface area (Å²) in [7, 11) is 0. The molecule has 1 aliphatic heterocycles. The molecule has 4 heterocycles. The van der Waals surface area contributed by atoms with Gasteiger partial charge in [-0.1, -0.05) is 16.5 Å². The Morgan fingerprint density at radius 2 is 2.26 bits per heavy atom. The van der Waals surface area contributed by atoms with E-state index >= 15 is 0 Å². The van der Waals surface area contributed by atoms with Gasteiger partial charge in [0, 0.05) is 17.8 Å². The SMILES string of the molecule is Cc1cc(=O)n2nc(CN3CCC[C@@H]3c3cc(C)on3)sc2n1. The minimum Gasteiger partial charge on any atom is -0.361 e. The van der Waals surface area contributed by atoms with Crippen LogP contribution in [0, 0.1) is 13.8 Å². The van der Waals surface area contributed by atoms with Gasteiger partial charge < -0.3 is 4.52 Å². The molecule has 0 radical (unpaired) electrons. The number of fused-ring (bicyclic) bond motifs is 1. The normalized spacial score (nSPS) is 19.0. The van der Waals surface area contributed by atoms with E-state index in [1.807, 2.05) is 19.9 Å². The number of aryl methyl sites for hydroxylation is 2. The average Bonchev–Trinajstić information content (AvgIpc) is 3.18. The maximum atomic E-state index is 12.0. The summed E-state index contributed by atoms with van der Waals surface area (Å²) in [6.07, 6.45) is 2.19. The molecule has 1 atom stereocenters. The average molecular weight is 331 g/mol. The molecule has 0 unspecified atom stereocenters. The molecular weight excluding hydrogens is 314 g/mol. The van der Waals surface area contributed by atoms with Crippen LogP contribution in [0.15, 0.2) is 21.5 Å². The predicted octanol–water partition coefficient (Wildman–Crippen LogP) is 2.09.